The van der Waals surface area contributed by atoms with Gasteiger partial charge in [0.15, 0.2) is 6.29 Å². The maximum Gasteiger partial charge on any atom is 0.408 e. The third-order valence-electron chi connectivity index (χ3n) is 5.06. The number of nitrogens with one attached hydrogen (secondary N) is 2. The number of alkyl carbamates (subject to hydrolysis) is 1. The smallest absolute Gasteiger partial charge is 0.408 e. The minimum absolute atomic E-state index is 0.361. The molecule has 0 unspecified atom stereocenters. The molecular formula is C21H26Cl2N4O3. The van der Waals surface area contributed by atoms with Gasteiger partial charge >= 0.3 is 6.09 Å². The van der Waals surface area contributed by atoms with Crippen LogP contribution in [0.2, 0.25) is 10.0 Å². The first-order valence-corrected chi connectivity index (χ1v) is 10.5. The molecule has 30 heavy (non-hydrogen) atoms. The molecule has 1 aliphatic heterocycles. The Morgan fingerprint density at radius 3 is 2.53 bits per heavy atom. The number of piperidine rings is 1. The lowest BCUT2D eigenvalue weighted by Gasteiger charge is -2.41. The number of carbonyl (C=O) groups excluding carboxylic acids is 2. The lowest BCUT2D eigenvalue weighted by Crippen LogP contribution is -2.54. The number of aldehydes is 1. The van der Waals surface area contributed by atoms with Gasteiger partial charge in [0.1, 0.15) is 5.60 Å². The van der Waals surface area contributed by atoms with Crippen LogP contribution in [0, 0.1) is 0 Å². The highest BCUT2D eigenvalue weighted by molar-refractivity contribution is 6.44. The van der Waals surface area contributed by atoms with Gasteiger partial charge in [0, 0.05) is 29.9 Å². The minimum Gasteiger partial charge on any atom is -0.444 e. The molecule has 0 aliphatic carbocycles. The average Bonchev–Trinajstić information content (AvgIpc) is 3.11. The first-order valence-electron chi connectivity index (χ1n) is 9.76. The van der Waals surface area contributed by atoms with E-state index < -0.39 is 11.7 Å². The summed E-state index contributed by atoms with van der Waals surface area (Å²) in [5.41, 5.74) is 1.57. The summed E-state index contributed by atoms with van der Waals surface area (Å²) in [6, 6.07) is 5.30. The number of hydrogen-bond donors (Lipinski definition) is 2. The molecule has 0 bridgehead atoms. The van der Waals surface area contributed by atoms with E-state index in [1.165, 1.54) is 0 Å². The summed E-state index contributed by atoms with van der Waals surface area (Å²) in [5, 5.41) is 10.7. The van der Waals surface area contributed by atoms with Gasteiger partial charge in [-0.25, -0.2) is 4.79 Å². The van der Waals surface area contributed by atoms with Crippen molar-refractivity contribution >= 4 is 41.3 Å². The Labute approximate surface area is 186 Å². The Kier molecular flexibility index (Phi) is 6.34. The van der Waals surface area contributed by atoms with E-state index in [2.05, 4.69) is 20.4 Å². The summed E-state index contributed by atoms with van der Waals surface area (Å²) < 4.78 is 5.40. The Bertz CT molecular complexity index is 944. The fraction of sp³-hybridized carbons (Fsp3) is 0.476. The van der Waals surface area contributed by atoms with Gasteiger partial charge in [0.05, 0.1) is 21.4 Å². The number of hydrogen-bond acceptors (Lipinski definition) is 5. The Morgan fingerprint density at radius 1 is 1.30 bits per heavy atom. The number of carbonyl (C=O) groups is 2. The monoisotopic (exact) mass is 452 g/mol. The summed E-state index contributed by atoms with van der Waals surface area (Å²) in [5.74, 6) is 0. The van der Waals surface area contributed by atoms with Gasteiger partial charge in [-0.3, -0.25) is 9.89 Å². The van der Waals surface area contributed by atoms with E-state index >= 15 is 0 Å². The van der Waals surface area contributed by atoms with Crippen molar-refractivity contribution in [1.29, 1.82) is 0 Å². The third kappa shape index (κ3) is 5.08. The van der Waals surface area contributed by atoms with E-state index in [0.717, 1.165) is 18.5 Å². The molecule has 1 fully saturated rings. The van der Waals surface area contributed by atoms with E-state index in [1.807, 2.05) is 33.8 Å². The summed E-state index contributed by atoms with van der Waals surface area (Å²) in [6.45, 7) is 8.94. The Hall–Kier alpha value is -2.25. The van der Waals surface area contributed by atoms with Crippen LogP contribution in [0.5, 0.6) is 0 Å². The minimum atomic E-state index is -0.542. The average molecular weight is 453 g/mol. The zero-order valence-electron chi connectivity index (χ0n) is 17.5. The normalized spacial score (nSPS) is 16.3. The zero-order chi connectivity index (χ0) is 22.1. The molecule has 9 heteroatoms. The van der Waals surface area contributed by atoms with Gasteiger partial charge in [0.25, 0.3) is 0 Å². The fourth-order valence-corrected chi connectivity index (χ4v) is 3.90. The predicted octanol–water partition coefficient (Wildman–Crippen LogP) is 5.08. The van der Waals surface area contributed by atoms with Gasteiger partial charge in [-0.05, 0) is 58.7 Å². The van der Waals surface area contributed by atoms with Crippen molar-refractivity contribution < 1.29 is 14.3 Å². The molecule has 0 atom stereocenters. The molecule has 0 radical (unpaired) electrons. The molecule has 2 heterocycles. The van der Waals surface area contributed by atoms with Crippen molar-refractivity contribution in [2.24, 2.45) is 0 Å². The lowest BCUT2D eigenvalue weighted by atomic mass is 9.89. The van der Waals surface area contributed by atoms with Gasteiger partial charge in [0.2, 0.25) is 0 Å². The molecular weight excluding hydrogens is 427 g/mol. The van der Waals surface area contributed by atoms with Crippen LogP contribution in [-0.4, -0.2) is 46.8 Å². The van der Waals surface area contributed by atoms with Crippen LogP contribution in [0.25, 0.3) is 11.3 Å². The van der Waals surface area contributed by atoms with Crippen molar-refractivity contribution in [1.82, 2.24) is 15.5 Å². The van der Waals surface area contributed by atoms with Gasteiger partial charge in [-0.2, -0.15) is 5.10 Å². The number of amides is 1. The van der Waals surface area contributed by atoms with Crippen LogP contribution in [-0.2, 0) is 4.74 Å². The zero-order valence-corrected chi connectivity index (χ0v) is 19.0. The highest BCUT2D eigenvalue weighted by Gasteiger charge is 2.34. The largest absolute Gasteiger partial charge is 0.444 e. The lowest BCUT2D eigenvalue weighted by molar-refractivity contribution is 0.0448. The molecule has 0 spiro atoms. The van der Waals surface area contributed by atoms with E-state index in [4.69, 9.17) is 27.9 Å². The second-order valence-corrected chi connectivity index (χ2v) is 9.54. The summed E-state index contributed by atoms with van der Waals surface area (Å²) >= 11 is 12.8. The number of rotatable bonds is 4. The van der Waals surface area contributed by atoms with Crippen molar-refractivity contribution in [3.8, 4) is 11.3 Å². The van der Waals surface area contributed by atoms with E-state index in [1.54, 1.807) is 12.1 Å². The van der Waals surface area contributed by atoms with Crippen LogP contribution in [0.15, 0.2) is 18.2 Å². The molecule has 2 N–H and O–H groups in total. The van der Waals surface area contributed by atoms with Crippen molar-refractivity contribution in [3.05, 3.63) is 33.9 Å². The van der Waals surface area contributed by atoms with Crippen LogP contribution < -0.4 is 10.2 Å². The summed E-state index contributed by atoms with van der Waals surface area (Å²) in [6.07, 6.45) is 1.74. The SMILES string of the molecule is CC1(NC(=O)OC(C)(C)C)CCN(c2ccc(Cl)c(Cl)c2-c2cc(C=O)[nH]n2)CC1. The van der Waals surface area contributed by atoms with Crippen molar-refractivity contribution in [2.75, 3.05) is 18.0 Å². The number of nitrogens with zero attached hydrogens (tertiary/aromatic N) is 2. The first kappa shape index (κ1) is 22.4. The molecule has 1 saturated heterocycles. The van der Waals surface area contributed by atoms with Crippen molar-refractivity contribution in [2.45, 2.75) is 51.7 Å². The van der Waals surface area contributed by atoms with Gasteiger partial charge < -0.3 is 15.0 Å². The maximum atomic E-state index is 12.2. The molecule has 162 valence electrons. The van der Waals surface area contributed by atoms with Crippen LogP contribution in [0.1, 0.15) is 51.0 Å². The van der Waals surface area contributed by atoms with Crippen LogP contribution >= 0.6 is 23.2 Å². The van der Waals surface area contributed by atoms with Crippen LogP contribution in [0.4, 0.5) is 10.5 Å². The second kappa shape index (κ2) is 8.47. The molecule has 7 nitrogen and oxygen atoms in total. The van der Waals surface area contributed by atoms with Gasteiger partial charge in [-0.1, -0.05) is 23.2 Å². The standard InChI is InChI=1S/C21H26Cl2N4O3/c1-20(2,3)30-19(29)24-21(4)7-9-27(10-8-21)16-6-5-14(22)18(23)17(16)15-11-13(12-28)25-26-15/h5-6,11-12H,7-10H2,1-4H3,(H,24,29)(H,25,26). The number of halogens is 2. The summed E-state index contributed by atoms with van der Waals surface area (Å²) in [4.78, 5) is 25.5. The van der Waals surface area contributed by atoms with Gasteiger partial charge in [-0.15, -0.1) is 0 Å². The van der Waals surface area contributed by atoms with E-state index in [-0.39, 0.29) is 5.54 Å². The Balaban J connectivity index is 1.79. The summed E-state index contributed by atoms with van der Waals surface area (Å²) in [7, 11) is 0. The third-order valence-corrected chi connectivity index (χ3v) is 5.87. The molecule has 1 amide bonds. The number of anilines is 1. The number of benzene rings is 1. The molecule has 1 aromatic carbocycles. The highest BCUT2D eigenvalue weighted by Crippen LogP contribution is 2.41. The van der Waals surface area contributed by atoms with E-state index in [9.17, 15) is 9.59 Å². The number of ether oxygens (including phenoxy) is 1. The topological polar surface area (TPSA) is 87.3 Å². The maximum absolute atomic E-state index is 12.2. The quantitative estimate of drug-likeness (QED) is 0.631. The van der Waals surface area contributed by atoms with Crippen molar-refractivity contribution in [3.63, 3.8) is 0 Å². The number of aromatic nitrogens is 2. The molecule has 3 rings (SSSR count). The highest BCUT2D eigenvalue weighted by atomic mass is 35.5. The molecule has 0 saturated carbocycles. The number of H-pyrrole nitrogens is 1. The second-order valence-electron chi connectivity index (χ2n) is 8.76. The Morgan fingerprint density at radius 2 is 1.97 bits per heavy atom. The molecule has 1 aromatic heterocycles. The molecule has 2 aromatic rings. The first-order chi connectivity index (χ1) is 14.0. The predicted molar refractivity (Wildman–Crippen MR) is 119 cm³/mol. The van der Waals surface area contributed by atoms with E-state index in [0.29, 0.717) is 46.4 Å². The number of aromatic amines is 1. The van der Waals surface area contributed by atoms with Crippen LogP contribution in [0.3, 0.4) is 0 Å². The fourth-order valence-electron chi connectivity index (χ4n) is 3.49. The molecule has 1 aliphatic rings.